The Morgan fingerprint density at radius 3 is 3.06 bits per heavy atom. The lowest BCUT2D eigenvalue weighted by molar-refractivity contribution is -0.116. The van der Waals surface area contributed by atoms with E-state index in [1.165, 1.54) is 5.56 Å². The van der Waals surface area contributed by atoms with Crippen molar-refractivity contribution in [1.29, 1.82) is 0 Å². The Kier molecular flexibility index (Phi) is 3.98. The van der Waals surface area contributed by atoms with E-state index in [1.807, 2.05) is 18.2 Å². The molecule has 0 atom stereocenters. The first-order valence-electron chi connectivity index (χ1n) is 6.05. The van der Waals surface area contributed by atoms with Crippen LogP contribution >= 0.6 is 0 Å². The number of aryl methyl sites for hydroxylation is 1. The molecular formula is C13H18N2O2. The fourth-order valence-corrected chi connectivity index (χ4v) is 1.91. The maximum absolute atomic E-state index is 11.4. The van der Waals surface area contributed by atoms with E-state index in [-0.39, 0.29) is 5.91 Å². The van der Waals surface area contributed by atoms with Gasteiger partial charge in [-0.3, -0.25) is 4.79 Å². The Morgan fingerprint density at radius 2 is 2.24 bits per heavy atom. The number of nitrogens with one attached hydrogen (secondary N) is 1. The van der Waals surface area contributed by atoms with Crippen molar-refractivity contribution in [1.82, 2.24) is 0 Å². The van der Waals surface area contributed by atoms with Crippen LogP contribution in [0.4, 0.5) is 5.69 Å². The summed E-state index contributed by atoms with van der Waals surface area (Å²) in [7, 11) is 0. The molecule has 3 N–H and O–H groups in total. The number of nitrogens with two attached hydrogens (primary N) is 1. The highest BCUT2D eigenvalue weighted by Gasteiger charge is 2.13. The Balaban J connectivity index is 2.09. The van der Waals surface area contributed by atoms with Crippen LogP contribution in [-0.2, 0) is 11.2 Å². The molecule has 1 aromatic carbocycles. The number of benzene rings is 1. The summed E-state index contributed by atoms with van der Waals surface area (Å²) in [6.07, 6.45) is 3.28. The zero-order chi connectivity index (χ0) is 12.1. The minimum atomic E-state index is 0.0860. The fraction of sp³-hybridized carbons (Fsp3) is 0.462. The normalized spacial score (nSPS) is 14.8. The van der Waals surface area contributed by atoms with E-state index >= 15 is 0 Å². The Bertz CT molecular complexity index is 404. The highest BCUT2D eigenvalue weighted by molar-refractivity contribution is 5.92. The molecule has 0 saturated carbocycles. The molecule has 0 unspecified atom stereocenters. The van der Waals surface area contributed by atoms with E-state index in [2.05, 4.69) is 5.32 Å². The molecule has 1 aromatic rings. The third-order valence-corrected chi connectivity index (χ3v) is 2.82. The lowest BCUT2D eigenvalue weighted by Crippen LogP contribution is -2.10. The van der Waals surface area contributed by atoms with Gasteiger partial charge >= 0.3 is 0 Å². The van der Waals surface area contributed by atoms with Gasteiger partial charge in [0.05, 0.1) is 6.61 Å². The van der Waals surface area contributed by atoms with Gasteiger partial charge in [0.2, 0.25) is 5.91 Å². The maximum atomic E-state index is 11.4. The topological polar surface area (TPSA) is 64.3 Å². The van der Waals surface area contributed by atoms with Crippen LogP contribution in [0.15, 0.2) is 18.2 Å². The molecule has 2 rings (SSSR count). The molecular weight excluding hydrogens is 216 g/mol. The standard InChI is InChI=1S/C13H18N2O2/c14-7-2-8-17-11-6-5-10-3-1-4-13(16)15-12(10)9-11/h5-6,9H,1-4,7-8,14H2,(H,15,16). The number of anilines is 1. The third-order valence-electron chi connectivity index (χ3n) is 2.82. The maximum Gasteiger partial charge on any atom is 0.224 e. The number of hydrogen-bond donors (Lipinski definition) is 2. The monoisotopic (exact) mass is 234 g/mol. The van der Waals surface area contributed by atoms with E-state index < -0.39 is 0 Å². The average molecular weight is 234 g/mol. The summed E-state index contributed by atoms with van der Waals surface area (Å²) in [6, 6.07) is 5.88. The van der Waals surface area contributed by atoms with Gasteiger partial charge in [-0.05, 0) is 37.4 Å². The van der Waals surface area contributed by atoms with Crippen LogP contribution < -0.4 is 15.8 Å². The first kappa shape index (κ1) is 11.9. The van der Waals surface area contributed by atoms with Crippen LogP contribution in [0, 0.1) is 0 Å². The highest BCUT2D eigenvalue weighted by Crippen LogP contribution is 2.26. The van der Waals surface area contributed by atoms with Crippen LogP contribution in [0.5, 0.6) is 5.75 Å². The van der Waals surface area contributed by atoms with Crippen molar-refractivity contribution >= 4 is 11.6 Å². The molecule has 1 aliphatic rings. The number of hydrogen-bond acceptors (Lipinski definition) is 3. The number of amides is 1. The fourth-order valence-electron chi connectivity index (χ4n) is 1.91. The lowest BCUT2D eigenvalue weighted by Gasteiger charge is -2.10. The number of ether oxygens (including phenoxy) is 1. The molecule has 1 aliphatic heterocycles. The molecule has 0 aliphatic carbocycles. The number of carbonyl (C=O) groups excluding carboxylic acids is 1. The Morgan fingerprint density at radius 1 is 1.35 bits per heavy atom. The van der Waals surface area contributed by atoms with E-state index in [0.29, 0.717) is 19.6 Å². The second-order valence-electron chi connectivity index (χ2n) is 4.21. The smallest absolute Gasteiger partial charge is 0.224 e. The minimum absolute atomic E-state index is 0.0860. The average Bonchev–Trinajstić information content (AvgIpc) is 2.49. The largest absolute Gasteiger partial charge is 0.493 e. The van der Waals surface area contributed by atoms with Crippen molar-refractivity contribution in [2.75, 3.05) is 18.5 Å². The van der Waals surface area contributed by atoms with Gasteiger partial charge in [-0.1, -0.05) is 6.07 Å². The van der Waals surface area contributed by atoms with Crippen molar-refractivity contribution in [3.8, 4) is 5.75 Å². The van der Waals surface area contributed by atoms with Gasteiger partial charge in [0.25, 0.3) is 0 Å². The highest BCUT2D eigenvalue weighted by atomic mass is 16.5. The van der Waals surface area contributed by atoms with E-state index in [0.717, 1.165) is 30.7 Å². The van der Waals surface area contributed by atoms with E-state index in [1.54, 1.807) is 0 Å². The van der Waals surface area contributed by atoms with Crippen molar-refractivity contribution in [3.63, 3.8) is 0 Å². The summed E-state index contributed by atoms with van der Waals surface area (Å²) in [4.78, 5) is 11.4. The predicted molar refractivity (Wildman–Crippen MR) is 67.2 cm³/mol. The van der Waals surface area contributed by atoms with Gasteiger partial charge in [0.15, 0.2) is 0 Å². The van der Waals surface area contributed by atoms with Crippen LogP contribution in [-0.4, -0.2) is 19.1 Å². The quantitative estimate of drug-likeness (QED) is 0.779. The number of carbonyl (C=O) groups is 1. The Hall–Kier alpha value is -1.55. The molecule has 0 fully saturated rings. The van der Waals surface area contributed by atoms with Crippen molar-refractivity contribution in [3.05, 3.63) is 23.8 Å². The molecule has 1 amide bonds. The predicted octanol–water partition coefficient (Wildman–Crippen LogP) is 1.69. The van der Waals surface area contributed by atoms with E-state index in [9.17, 15) is 4.79 Å². The van der Waals surface area contributed by atoms with Crippen LogP contribution in [0.25, 0.3) is 0 Å². The van der Waals surface area contributed by atoms with Gasteiger partial charge in [0, 0.05) is 18.2 Å². The van der Waals surface area contributed by atoms with Crippen LogP contribution in [0.3, 0.4) is 0 Å². The van der Waals surface area contributed by atoms with Crippen molar-refractivity contribution in [2.24, 2.45) is 5.73 Å². The van der Waals surface area contributed by atoms with Gasteiger partial charge in [-0.15, -0.1) is 0 Å². The molecule has 17 heavy (non-hydrogen) atoms. The number of fused-ring (bicyclic) bond motifs is 1. The third kappa shape index (κ3) is 3.20. The summed E-state index contributed by atoms with van der Waals surface area (Å²) >= 11 is 0. The molecule has 0 saturated heterocycles. The van der Waals surface area contributed by atoms with Gasteiger partial charge in [-0.25, -0.2) is 0 Å². The zero-order valence-corrected chi connectivity index (χ0v) is 9.87. The zero-order valence-electron chi connectivity index (χ0n) is 9.87. The molecule has 0 bridgehead atoms. The van der Waals surface area contributed by atoms with Gasteiger partial charge in [0.1, 0.15) is 5.75 Å². The number of rotatable bonds is 4. The van der Waals surface area contributed by atoms with Gasteiger partial charge < -0.3 is 15.8 Å². The first-order chi connectivity index (χ1) is 8.29. The molecule has 0 spiro atoms. The van der Waals surface area contributed by atoms with Crippen molar-refractivity contribution in [2.45, 2.75) is 25.7 Å². The summed E-state index contributed by atoms with van der Waals surface area (Å²) in [5.41, 5.74) is 7.47. The first-order valence-corrected chi connectivity index (χ1v) is 6.05. The van der Waals surface area contributed by atoms with E-state index in [4.69, 9.17) is 10.5 Å². The van der Waals surface area contributed by atoms with Crippen LogP contribution in [0.1, 0.15) is 24.8 Å². The molecule has 92 valence electrons. The molecule has 4 nitrogen and oxygen atoms in total. The SMILES string of the molecule is NCCCOc1ccc2c(c1)NC(=O)CCC2. The summed E-state index contributed by atoms with van der Waals surface area (Å²) < 4.78 is 5.56. The Labute approximate surface area is 101 Å². The summed E-state index contributed by atoms with van der Waals surface area (Å²) in [5, 5.41) is 2.91. The summed E-state index contributed by atoms with van der Waals surface area (Å²) in [6.45, 7) is 1.24. The van der Waals surface area contributed by atoms with Crippen LogP contribution in [0.2, 0.25) is 0 Å². The second-order valence-corrected chi connectivity index (χ2v) is 4.21. The molecule has 1 heterocycles. The lowest BCUT2D eigenvalue weighted by atomic mass is 10.1. The molecule has 0 aromatic heterocycles. The molecule has 4 heteroatoms. The van der Waals surface area contributed by atoms with Gasteiger partial charge in [-0.2, -0.15) is 0 Å². The second kappa shape index (κ2) is 5.68. The minimum Gasteiger partial charge on any atom is -0.493 e. The summed E-state index contributed by atoms with van der Waals surface area (Å²) in [5.74, 6) is 0.877. The van der Waals surface area contributed by atoms with Crippen molar-refractivity contribution < 1.29 is 9.53 Å². The molecule has 0 radical (unpaired) electrons.